The maximum Gasteiger partial charge on any atom is 0.0830 e. The Bertz CT molecular complexity index is 305. The molecular weight excluding hydrogens is 154 g/mol. The smallest absolute Gasteiger partial charge is 0.0830 e. The number of aryl methyl sites for hydroxylation is 1. The topological polar surface area (TPSA) is 64.1 Å². The first-order valence-electron chi connectivity index (χ1n) is 4.16. The van der Waals surface area contributed by atoms with Crippen molar-refractivity contribution in [1.82, 2.24) is 9.78 Å². The highest BCUT2D eigenvalue weighted by Gasteiger charge is 2.27. The van der Waals surface area contributed by atoms with Crippen molar-refractivity contribution in [3.05, 3.63) is 17.0 Å². The molecule has 1 aromatic heterocycles. The van der Waals surface area contributed by atoms with Gasteiger partial charge in [0.1, 0.15) is 0 Å². The molecule has 1 unspecified atom stereocenters. The molecule has 4 heteroatoms. The molecule has 12 heavy (non-hydrogen) atoms. The van der Waals surface area contributed by atoms with Crippen LogP contribution in [0.4, 0.5) is 0 Å². The molecule has 0 amide bonds. The van der Waals surface area contributed by atoms with Crippen LogP contribution < -0.4 is 5.73 Å². The predicted molar refractivity (Wildman–Crippen MR) is 44.4 cm³/mol. The van der Waals surface area contributed by atoms with Gasteiger partial charge in [-0.2, -0.15) is 5.10 Å². The Morgan fingerprint density at radius 3 is 3.17 bits per heavy atom. The molecule has 66 valence electrons. The van der Waals surface area contributed by atoms with Crippen LogP contribution in [0.25, 0.3) is 0 Å². The molecule has 0 bridgehead atoms. The molecule has 1 atom stereocenters. The molecule has 0 saturated carbocycles. The van der Waals surface area contributed by atoms with Gasteiger partial charge in [-0.05, 0) is 12.8 Å². The Labute approximate surface area is 71.0 Å². The Kier molecular flexibility index (Phi) is 1.66. The van der Waals surface area contributed by atoms with E-state index in [1.165, 1.54) is 0 Å². The van der Waals surface area contributed by atoms with Crippen LogP contribution in [0.1, 0.15) is 29.5 Å². The van der Waals surface area contributed by atoms with Gasteiger partial charge in [-0.15, -0.1) is 0 Å². The second kappa shape index (κ2) is 2.57. The summed E-state index contributed by atoms with van der Waals surface area (Å²) in [5.41, 5.74) is 8.47. The third kappa shape index (κ3) is 0.884. The number of fused-ring (bicyclic) bond motifs is 1. The van der Waals surface area contributed by atoms with Crippen molar-refractivity contribution in [2.75, 3.05) is 0 Å². The van der Waals surface area contributed by atoms with Crippen molar-refractivity contribution in [1.29, 1.82) is 0 Å². The molecule has 1 heterocycles. The van der Waals surface area contributed by atoms with E-state index in [4.69, 9.17) is 5.73 Å². The average Bonchev–Trinajstić information content (AvgIpc) is 2.56. The van der Waals surface area contributed by atoms with Crippen LogP contribution in [-0.2, 0) is 20.0 Å². The molecule has 2 rings (SSSR count). The van der Waals surface area contributed by atoms with Crippen LogP contribution in [0.15, 0.2) is 0 Å². The average molecular weight is 167 g/mol. The fraction of sp³-hybridized carbons (Fsp3) is 0.625. The van der Waals surface area contributed by atoms with Crippen molar-refractivity contribution in [3.8, 4) is 0 Å². The van der Waals surface area contributed by atoms with Crippen LogP contribution in [0.2, 0.25) is 0 Å². The highest BCUT2D eigenvalue weighted by atomic mass is 16.3. The first kappa shape index (κ1) is 7.76. The number of hydrogen-bond donors (Lipinski definition) is 2. The standard InChI is InChI=1S/C8H13N3O/c1-11-6-2-3-7(12)8(6)5(4-9)10-11/h7,12H,2-4,9H2,1H3. The van der Waals surface area contributed by atoms with E-state index in [0.717, 1.165) is 29.8 Å². The van der Waals surface area contributed by atoms with E-state index >= 15 is 0 Å². The fourth-order valence-corrected chi connectivity index (χ4v) is 1.89. The van der Waals surface area contributed by atoms with Gasteiger partial charge < -0.3 is 10.8 Å². The van der Waals surface area contributed by atoms with Crippen molar-refractivity contribution >= 4 is 0 Å². The van der Waals surface area contributed by atoms with E-state index in [0.29, 0.717) is 6.54 Å². The lowest BCUT2D eigenvalue weighted by molar-refractivity contribution is 0.178. The van der Waals surface area contributed by atoms with Crippen LogP contribution in [-0.4, -0.2) is 14.9 Å². The summed E-state index contributed by atoms with van der Waals surface area (Å²) in [5.74, 6) is 0. The molecule has 4 nitrogen and oxygen atoms in total. The summed E-state index contributed by atoms with van der Waals surface area (Å²) in [5, 5.41) is 13.8. The molecule has 0 aromatic carbocycles. The highest BCUT2D eigenvalue weighted by Crippen LogP contribution is 2.32. The monoisotopic (exact) mass is 167 g/mol. The molecule has 1 aliphatic rings. The summed E-state index contributed by atoms with van der Waals surface area (Å²) in [4.78, 5) is 0. The van der Waals surface area contributed by atoms with E-state index in [9.17, 15) is 5.11 Å². The largest absolute Gasteiger partial charge is 0.388 e. The number of nitrogens with two attached hydrogens (primary N) is 1. The van der Waals surface area contributed by atoms with Crippen molar-refractivity contribution in [3.63, 3.8) is 0 Å². The minimum atomic E-state index is -0.341. The lowest BCUT2D eigenvalue weighted by Crippen LogP contribution is -2.03. The van der Waals surface area contributed by atoms with Gasteiger partial charge in [0.2, 0.25) is 0 Å². The van der Waals surface area contributed by atoms with Crippen molar-refractivity contribution < 1.29 is 5.11 Å². The molecule has 1 aliphatic carbocycles. The quantitative estimate of drug-likeness (QED) is 0.611. The van der Waals surface area contributed by atoms with E-state index in [1.54, 1.807) is 0 Å². The minimum absolute atomic E-state index is 0.341. The number of hydrogen-bond acceptors (Lipinski definition) is 3. The summed E-state index contributed by atoms with van der Waals surface area (Å²) in [7, 11) is 1.90. The van der Waals surface area contributed by atoms with Crippen LogP contribution in [0.3, 0.4) is 0 Å². The SMILES string of the molecule is Cn1nc(CN)c2c1CCC2O. The number of aliphatic hydroxyl groups is 1. The van der Waals surface area contributed by atoms with E-state index in [2.05, 4.69) is 5.10 Å². The summed E-state index contributed by atoms with van der Waals surface area (Å²) in [6, 6.07) is 0. The maximum absolute atomic E-state index is 9.60. The van der Waals surface area contributed by atoms with E-state index < -0.39 is 0 Å². The Balaban J connectivity index is 2.54. The first-order valence-corrected chi connectivity index (χ1v) is 4.16. The Morgan fingerprint density at radius 1 is 1.75 bits per heavy atom. The second-order valence-electron chi connectivity index (χ2n) is 3.19. The van der Waals surface area contributed by atoms with Gasteiger partial charge >= 0.3 is 0 Å². The number of rotatable bonds is 1. The van der Waals surface area contributed by atoms with Crippen LogP contribution in [0, 0.1) is 0 Å². The third-order valence-corrected chi connectivity index (χ3v) is 2.46. The Morgan fingerprint density at radius 2 is 2.50 bits per heavy atom. The lowest BCUT2D eigenvalue weighted by atomic mass is 10.1. The maximum atomic E-state index is 9.60. The molecule has 0 aliphatic heterocycles. The first-order chi connectivity index (χ1) is 5.74. The summed E-state index contributed by atoms with van der Waals surface area (Å²) in [6.45, 7) is 0.417. The van der Waals surface area contributed by atoms with Gasteiger partial charge in [0.15, 0.2) is 0 Å². The fourth-order valence-electron chi connectivity index (χ4n) is 1.89. The normalized spacial score (nSPS) is 21.4. The van der Waals surface area contributed by atoms with Gasteiger partial charge in [0.25, 0.3) is 0 Å². The summed E-state index contributed by atoms with van der Waals surface area (Å²) >= 11 is 0. The number of nitrogens with zero attached hydrogens (tertiary/aromatic N) is 2. The second-order valence-corrected chi connectivity index (χ2v) is 3.19. The zero-order valence-electron chi connectivity index (χ0n) is 7.12. The summed E-state index contributed by atoms with van der Waals surface area (Å²) < 4.78 is 1.83. The molecule has 3 N–H and O–H groups in total. The van der Waals surface area contributed by atoms with Crippen LogP contribution in [0.5, 0.6) is 0 Å². The third-order valence-electron chi connectivity index (χ3n) is 2.46. The molecular formula is C8H13N3O. The van der Waals surface area contributed by atoms with E-state index in [-0.39, 0.29) is 6.10 Å². The lowest BCUT2D eigenvalue weighted by Gasteiger charge is -2.00. The van der Waals surface area contributed by atoms with Gasteiger partial charge in [-0.3, -0.25) is 4.68 Å². The van der Waals surface area contributed by atoms with E-state index in [1.807, 2.05) is 11.7 Å². The van der Waals surface area contributed by atoms with Gasteiger partial charge in [-0.1, -0.05) is 0 Å². The van der Waals surface area contributed by atoms with Gasteiger partial charge in [0.05, 0.1) is 11.8 Å². The van der Waals surface area contributed by atoms with Crippen LogP contribution >= 0.6 is 0 Å². The Hall–Kier alpha value is -0.870. The minimum Gasteiger partial charge on any atom is -0.388 e. The summed E-state index contributed by atoms with van der Waals surface area (Å²) in [6.07, 6.45) is 1.39. The molecule has 0 spiro atoms. The molecule has 0 fully saturated rings. The molecule has 0 radical (unpaired) electrons. The molecule has 1 aromatic rings. The zero-order valence-corrected chi connectivity index (χ0v) is 7.12. The zero-order chi connectivity index (χ0) is 8.72. The van der Waals surface area contributed by atoms with Crippen molar-refractivity contribution in [2.24, 2.45) is 12.8 Å². The van der Waals surface area contributed by atoms with Crippen molar-refractivity contribution in [2.45, 2.75) is 25.5 Å². The van der Waals surface area contributed by atoms with Gasteiger partial charge in [-0.25, -0.2) is 0 Å². The molecule has 0 saturated heterocycles. The predicted octanol–water partition coefficient (Wildman–Crippen LogP) is -0.142. The van der Waals surface area contributed by atoms with Gasteiger partial charge in [0, 0.05) is 24.8 Å². The number of aliphatic hydroxyl groups excluding tert-OH is 1. The number of aromatic nitrogens is 2. The highest BCUT2D eigenvalue weighted by molar-refractivity contribution is 5.32.